The first-order valence-corrected chi connectivity index (χ1v) is 8.07. The first-order valence-electron chi connectivity index (χ1n) is 8.07. The van der Waals surface area contributed by atoms with Crippen molar-refractivity contribution in [1.29, 1.82) is 0 Å². The Morgan fingerprint density at radius 2 is 1.27 bits per heavy atom. The highest BCUT2D eigenvalue weighted by Crippen LogP contribution is 2.41. The van der Waals surface area contributed by atoms with Crippen LogP contribution in [-0.2, 0) is 0 Å². The molecule has 0 amide bonds. The molecule has 0 aromatic heterocycles. The largest absolute Gasteiger partial charge is 0.0767 e. The Bertz CT molecular complexity index is 642. The van der Waals surface area contributed by atoms with Crippen LogP contribution in [0.25, 0.3) is 0 Å². The Kier molecular flexibility index (Phi) is 4.02. The molecule has 0 N–H and O–H groups in total. The van der Waals surface area contributed by atoms with E-state index < -0.39 is 0 Å². The zero-order chi connectivity index (χ0) is 15.6. The molecule has 1 aliphatic carbocycles. The van der Waals surface area contributed by atoms with E-state index in [4.69, 9.17) is 0 Å². The number of benzene rings is 2. The summed E-state index contributed by atoms with van der Waals surface area (Å²) in [5, 5.41) is 0. The van der Waals surface area contributed by atoms with Crippen molar-refractivity contribution in [2.75, 3.05) is 0 Å². The highest BCUT2D eigenvalue weighted by molar-refractivity contribution is 5.48. The van der Waals surface area contributed by atoms with Gasteiger partial charge in [0, 0.05) is 5.92 Å². The SMILES string of the molecule is CC(C)(C)C1=CCC(C(c2ccccc2)c2ccccc2)=C1. The number of allylic oxidation sites excluding steroid dienone is 4. The molecule has 0 fully saturated rings. The zero-order valence-corrected chi connectivity index (χ0v) is 13.7. The second kappa shape index (κ2) is 5.96. The maximum Gasteiger partial charge on any atom is 0.0305 e. The van der Waals surface area contributed by atoms with Crippen LogP contribution in [0.1, 0.15) is 44.2 Å². The monoisotopic (exact) mass is 288 g/mol. The van der Waals surface area contributed by atoms with Crippen molar-refractivity contribution in [2.24, 2.45) is 5.41 Å². The van der Waals surface area contributed by atoms with Crippen molar-refractivity contribution < 1.29 is 0 Å². The van der Waals surface area contributed by atoms with Gasteiger partial charge in [0.05, 0.1) is 0 Å². The molecule has 0 atom stereocenters. The van der Waals surface area contributed by atoms with Crippen LogP contribution in [0.3, 0.4) is 0 Å². The van der Waals surface area contributed by atoms with Crippen molar-refractivity contribution in [2.45, 2.75) is 33.1 Å². The molecule has 0 radical (unpaired) electrons. The van der Waals surface area contributed by atoms with E-state index in [9.17, 15) is 0 Å². The topological polar surface area (TPSA) is 0 Å². The average molecular weight is 288 g/mol. The van der Waals surface area contributed by atoms with Crippen LogP contribution in [-0.4, -0.2) is 0 Å². The lowest BCUT2D eigenvalue weighted by atomic mass is 9.83. The van der Waals surface area contributed by atoms with Gasteiger partial charge in [0.15, 0.2) is 0 Å². The highest BCUT2D eigenvalue weighted by atomic mass is 14.3. The predicted octanol–water partition coefficient (Wildman–Crippen LogP) is 6.12. The van der Waals surface area contributed by atoms with Gasteiger partial charge < -0.3 is 0 Å². The fraction of sp³-hybridized carbons (Fsp3) is 0.273. The van der Waals surface area contributed by atoms with Gasteiger partial charge >= 0.3 is 0 Å². The fourth-order valence-corrected chi connectivity index (χ4v) is 3.18. The van der Waals surface area contributed by atoms with Gasteiger partial charge in [-0.3, -0.25) is 0 Å². The fourth-order valence-electron chi connectivity index (χ4n) is 3.18. The summed E-state index contributed by atoms with van der Waals surface area (Å²) in [7, 11) is 0. The third-order valence-corrected chi connectivity index (χ3v) is 4.40. The summed E-state index contributed by atoms with van der Waals surface area (Å²) in [5.74, 6) is 0.360. The molecule has 3 rings (SSSR count). The summed E-state index contributed by atoms with van der Waals surface area (Å²) in [5.41, 5.74) is 5.94. The first kappa shape index (κ1) is 14.8. The molecular formula is C22H24. The van der Waals surface area contributed by atoms with E-state index in [1.807, 2.05) is 0 Å². The molecule has 0 unspecified atom stereocenters. The zero-order valence-electron chi connectivity index (χ0n) is 13.7. The van der Waals surface area contributed by atoms with E-state index >= 15 is 0 Å². The Morgan fingerprint density at radius 1 is 0.773 bits per heavy atom. The minimum Gasteiger partial charge on any atom is -0.0767 e. The van der Waals surface area contributed by atoms with Crippen molar-refractivity contribution in [3.63, 3.8) is 0 Å². The number of hydrogen-bond acceptors (Lipinski definition) is 0. The van der Waals surface area contributed by atoms with E-state index in [0.717, 1.165) is 6.42 Å². The lowest BCUT2D eigenvalue weighted by Crippen LogP contribution is -2.07. The van der Waals surface area contributed by atoms with Gasteiger partial charge in [0.1, 0.15) is 0 Å². The normalized spacial score (nSPS) is 14.9. The van der Waals surface area contributed by atoms with Crippen LogP contribution in [0.15, 0.2) is 84.0 Å². The van der Waals surface area contributed by atoms with Crippen molar-refractivity contribution in [1.82, 2.24) is 0 Å². The molecule has 0 bridgehead atoms. The molecule has 1 aliphatic rings. The van der Waals surface area contributed by atoms with Gasteiger partial charge in [-0.2, -0.15) is 0 Å². The van der Waals surface area contributed by atoms with Crippen molar-refractivity contribution in [3.05, 3.63) is 95.1 Å². The summed E-state index contributed by atoms with van der Waals surface area (Å²) in [6.45, 7) is 6.87. The highest BCUT2D eigenvalue weighted by Gasteiger charge is 2.25. The third-order valence-electron chi connectivity index (χ3n) is 4.40. The van der Waals surface area contributed by atoms with Gasteiger partial charge in [0.25, 0.3) is 0 Å². The van der Waals surface area contributed by atoms with Gasteiger partial charge in [-0.1, -0.05) is 99.2 Å². The summed E-state index contributed by atoms with van der Waals surface area (Å²) in [6.07, 6.45) is 5.87. The van der Waals surface area contributed by atoms with Crippen LogP contribution in [0.2, 0.25) is 0 Å². The van der Waals surface area contributed by atoms with Gasteiger partial charge in [-0.15, -0.1) is 0 Å². The minimum atomic E-state index is 0.222. The Hall–Kier alpha value is -2.08. The van der Waals surface area contributed by atoms with Crippen LogP contribution in [0.4, 0.5) is 0 Å². The quantitative estimate of drug-likeness (QED) is 0.638. The number of hydrogen-bond donors (Lipinski definition) is 0. The minimum absolute atomic E-state index is 0.222. The summed E-state index contributed by atoms with van der Waals surface area (Å²) >= 11 is 0. The maximum absolute atomic E-state index is 2.42. The molecule has 22 heavy (non-hydrogen) atoms. The maximum atomic E-state index is 2.42. The van der Waals surface area contributed by atoms with Crippen molar-refractivity contribution in [3.8, 4) is 0 Å². The Morgan fingerprint density at radius 3 is 1.68 bits per heavy atom. The van der Waals surface area contributed by atoms with Gasteiger partial charge in [-0.05, 0) is 28.5 Å². The molecule has 2 aromatic rings. The molecule has 0 aliphatic heterocycles. The van der Waals surface area contributed by atoms with E-state index in [1.165, 1.54) is 22.3 Å². The van der Waals surface area contributed by atoms with Crippen LogP contribution >= 0.6 is 0 Å². The Balaban J connectivity index is 2.02. The third kappa shape index (κ3) is 3.06. The predicted molar refractivity (Wildman–Crippen MR) is 95.0 cm³/mol. The lowest BCUT2D eigenvalue weighted by Gasteiger charge is -2.21. The number of rotatable bonds is 3. The molecule has 2 aromatic carbocycles. The molecule has 0 saturated heterocycles. The Labute approximate surface area is 134 Å². The van der Waals surface area contributed by atoms with E-state index in [-0.39, 0.29) is 5.41 Å². The second-order valence-corrected chi connectivity index (χ2v) is 7.09. The summed E-state index contributed by atoms with van der Waals surface area (Å²) in [6, 6.07) is 21.7. The molecule has 0 heteroatoms. The molecule has 0 heterocycles. The summed E-state index contributed by atoms with van der Waals surface area (Å²) in [4.78, 5) is 0. The smallest absolute Gasteiger partial charge is 0.0305 e. The molecule has 0 saturated carbocycles. The molecular weight excluding hydrogens is 264 g/mol. The van der Waals surface area contributed by atoms with Crippen LogP contribution in [0.5, 0.6) is 0 Å². The second-order valence-electron chi connectivity index (χ2n) is 7.09. The molecule has 112 valence electrons. The van der Waals surface area contributed by atoms with Crippen molar-refractivity contribution >= 4 is 0 Å². The van der Waals surface area contributed by atoms with Crippen LogP contribution in [0, 0.1) is 5.41 Å². The summed E-state index contributed by atoms with van der Waals surface area (Å²) < 4.78 is 0. The van der Waals surface area contributed by atoms with Gasteiger partial charge in [0.2, 0.25) is 0 Å². The lowest BCUT2D eigenvalue weighted by molar-refractivity contribution is 0.517. The van der Waals surface area contributed by atoms with Gasteiger partial charge in [-0.25, -0.2) is 0 Å². The molecule has 0 nitrogen and oxygen atoms in total. The van der Waals surface area contributed by atoms with E-state index in [1.54, 1.807) is 0 Å². The standard InChI is InChI=1S/C22H24/c1-22(2,3)20-15-14-19(16-20)21(17-10-6-4-7-11-17)18-12-8-5-9-13-18/h4-13,15-16,21H,14H2,1-3H3. The van der Waals surface area contributed by atoms with E-state index in [2.05, 4.69) is 93.6 Å². The first-order chi connectivity index (χ1) is 10.6. The average Bonchev–Trinajstić information content (AvgIpc) is 2.99. The van der Waals surface area contributed by atoms with Crippen LogP contribution < -0.4 is 0 Å². The molecule has 0 spiro atoms. The van der Waals surface area contributed by atoms with E-state index in [0.29, 0.717) is 5.92 Å².